The minimum atomic E-state index is -3.96. The molecule has 0 bridgehead atoms. The van der Waals surface area contributed by atoms with Gasteiger partial charge in [0.25, 0.3) is 5.69 Å². The van der Waals surface area contributed by atoms with Crippen molar-refractivity contribution in [1.82, 2.24) is 9.21 Å². The second-order valence-electron chi connectivity index (χ2n) is 6.52. The molecule has 0 unspecified atom stereocenters. The van der Waals surface area contributed by atoms with Gasteiger partial charge in [0, 0.05) is 25.7 Å². The Bertz CT molecular complexity index is 854. The Morgan fingerprint density at radius 2 is 1.56 bits per heavy atom. The van der Waals surface area contributed by atoms with Crippen LogP contribution in [0.2, 0.25) is 0 Å². The van der Waals surface area contributed by atoms with Crippen molar-refractivity contribution in [3.63, 3.8) is 0 Å². The average molecular weight is 391 g/mol. The number of aryl methyl sites for hydroxylation is 1. The van der Waals surface area contributed by atoms with Crippen molar-refractivity contribution >= 4 is 15.7 Å². The van der Waals surface area contributed by atoms with E-state index in [4.69, 9.17) is 0 Å². The minimum Gasteiger partial charge on any atom is -0.308 e. The topological polar surface area (TPSA) is 83.8 Å². The number of benzene rings is 2. The Labute approximate surface area is 160 Å². The molecule has 146 valence electrons. The van der Waals surface area contributed by atoms with Crippen molar-refractivity contribution in [2.45, 2.75) is 17.7 Å². The number of para-hydroxylation sites is 1. The van der Waals surface area contributed by atoms with Gasteiger partial charge >= 0.3 is 0 Å². The molecule has 0 saturated carbocycles. The zero-order valence-corrected chi connectivity index (χ0v) is 16.4. The number of likely N-dealkylation sites (N-methyl/N-ethyl adjacent to an activating group) is 1. The number of rotatable bonds is 10. The van der Waals surface area contributed by atoms with Gasteiger partial charge in [-0.1, -0.05) is 42.5 Å². The standard InChI is InChI=1S/C19H25N3O4S/c1-20(2)15-16-21(14-8-11-17-9-4-3-5-10-17)27(25,26)19-13-7-6-12-18(19)22(23)24/h3-7,9-10,12-13H,8,11,14-16H2,1-2H3. The van der Waals surface area contributed by atoms with Crippen LogP contribution in [0, 0.1) is 10.1 Å². The normalized spacial score (nSPS) is 11.9. The maximum atomic E-state index is 13.1. The summed E-state index contributed by atoms with van der Waals surface area (Å²) in [5.74, 6) is 0. The maximum Gasteiger partial charge on any atom is 0.289 e. The van der Waals surface area contributed by atoms with E-state index < -0.39 is 20.6 Å². The molecule has 0 N–H and O–H groups in total. The SMILES string of the molecule is CN(C)CCN(CCCc1ccccc1)S(=O)(=O)c1ccccc1[N+](=O)[O-]. The molecule has 27 heavy (non-hydrogen) atoms. The highest BCUT2D eigenvalue weighted by Gasteiger charge is 2.30. The summed E-state index contributed by atoms with van der Waals surface area (Å²) in [7, 11) is -0.240. The number of hydrogen-bond donors (Lipinski definition) is 0. The monoisotopic (exact) mass is 391 g/mol. The molecule has 0 aliphatic heterocycles. The van der Waals surface area contributed by atoms with E-state index in [1.54, 1.807) is 0 Å². The zero-order chi connectivity index (χ0) is 19.9. The van der Waals surface area contributed by atoms with Gasteiger partial charge in [0.2, 0.25) is 10.0 Å². The van der Waals surface area contributed by atoms with E-state index in [2.05, 4.69) is 0 Å². The number of nitrogens with zero attached hydrogens (tertiary/aromatic N) is 3. The lowest BCUT2D eigenvalue weighted by molar-refractivity contribution is -0.387. The van der Waals surface area contributed by atoms with Gasteiger partial charge in [0.15, 0.2) is 4.90 Å². The van der Waals surface area contributed by atoms with Crippen molar-refractivity contribution in [1.29, 1.82) is 0 Å². The number of sulfonamides is 1. The summed E-state index contributed by atoms with van der Waals surface area (Å²) in [5.41, 5.74) is 0.739. The smallest absolute Gasteiger partial charge is 0.289 e. The largest absolute Gasteiger partial charge is 0.308 e. The Kier molecular flexibility index (Phi) is 7.46. The van der Waals surface area contributed by atoms with Gasteiger partial charge in [-0.3, -0.25) is 10.1 Å². The van der Waals surface area contributed by atoms with Gasteiger partial charge < -0.3 is 4.90 Å². The molecule has 0 spiro atoms. The lowest BCUT2D eigenvalue weighted by Gasteiger charge is -2.23. The van der Waals surface area contributed by atoms with E-state index in [0.717, 1.165) is 12.0 Å². The molecule has 2 aromatic rings. The predicted octanol–water partition coefficient (Wildman–Crippen LogP) is 2.78. The van der Waals surface area contributed by atoms with Crippen LogP contribution in [0.25, 0.3) is 0 Å². The molecule has 0 aliphatic carbocycles. The van der Waals surface area contributed by atoms with Crippen LogP contribution in [0.15, 0.2) is 59.5 Å². The van der Waals surface area contributed by atoms with Crippen LogP contribution in [0.5, 0.6) is 0 Å². The van der Waals surface area contributed by atoms with Crippen molar-refractivity contribution in [3.8, 4) is 0 Å². The third-order valence-electron chi connectivity index (χ3n) is 4.19. The summed E-state index contributed by atoms with van der Waals surface area (Å²) in [4.78, 5) is 12.3. The van der Waals surface area contributed by atoms with Crippen LogP contribution < -0.4 is 0 Å². The van der Waals surface area contributed by atoms with Gasteiger partial charge in [-0.2, -0.15) is 4.31 Å². The van der Waals surface area contributed by atoms with Gasteiger partial charge in [-0.15, -0.1) is 0 Å². The van der Waals surface area contributed by atoms with E-state index in [9.17, 15) is 18.5 Å². The van der Waals surface area contributed by atoms with E-state index in [0.29, 0.717) is 19.5 Å². The molecule has 2 aromatic carbocycles. The first-order chi connectivity index (χ1) is 12.8. The average Bonchev–Trinajstić information content (AvgIpc) is 2.65. The Hall–Kier alpha value is -2.29. The van der Waals surface area contributed by atoms with Crippen molar-refractivity contribution < 1.29 is 13.3 Å². The molecule has 0 heterocycles. The fourth-order valence-corrected chi connectivity index (χ4v) is 4.36. The number of nitro benzene ring substituents is 1. The van der Waals surface area contributed by atoms with Crippen LogP contribution >= 0.6 is 0 Å². The van der Waals surface area contributed by atoms with E-state index in [1.165, 1.54) is 28.6 Å². The summed E-state index contributed by atoms with van der Waals surface area (Å²) in [6, 6.07) is 15.3. The molecule has 0 saturated heterocycles. The van der Waals surface area contributed by atoms with Crippen LogP contribution in [-0.2, 0) is 16.4 Å². The minimum absolute atomic E-state index is 0.256. The molecule has 0 fully saturated rings. The second-order valence-corrected chi connectivity index (χ2v) is 8.43. The van der Waals surface area contributed by atoms with Gasteiger partial charge in [0.05, 0.1) is 4.92 Å². The summed E-state index contributed by atoms with van der Waals surface area (Å²) < 4.78 is 27.6. The molecule has 0 radical (unpaired) electrons. The molecule has 7 nitrogen and oxygen atoms in total. The summed E-state index contributed by atoms with van der Waals surface area (Å²) >= 11 is 0. The van der Waals surface area contributed by atoms with Gasteiger partial charge in [-0.25, -0.2) is 8.42 Å². The molecule has 0 amide bonds. The van der Waals surface area contributed by atoms with E-state index >= 15 is 0 Å². The highest BCUT2D eigenvalue weighted by molar-refractivity contribution is 7.89. The first-order valence-corrected chi connectivity index (χ1v) is 10.2. The molecule has 0 aromatic heterocycles. The summed E-state index contributed by atoms with van der Waals surface area (Å²) in [5, 5.41) is 11.3. The fraction of sp³-hybridized carbons (Fsp3) is 0.368. The molecule has 8 heteroatoms. The van der Waals surface area contributed by atoms with E-state index in [1.807, 2.05) is 49.3 Å². The van der Waals surface area contributed by atoms with Crippen LogP contribution in [0.4, 0.5) is 5.69 Å². The second kappa shape index (κ2) is 9.59. The van der Waals surface area contributed by atoms with Crippen LogP contribution in [-0.4, -0.2) is 56.3 Å². The molecule has 0 atom stereocenters. The first-order valence-electron chi connectivity index (χ1n) is 8.74. The summed E-state index contributed by atoms with van der Waals surface area (Å²) in [6.45, 7) is 1.11. The van der Waals surface area contributed by atoms with Crippen LogP contribution in [0.1, 0.15) is 12.0 Å². The molecule has 2 rings (SSSR count). The predicted molar refractivity (Wildman–Crippen MR) is 105 cm³/mol. The van der Waals surface area contributed by atoms with Gasteiger partial charge in [0.1, 0.15) is 0 Å². The van der Waals surface area contributed by atoms with Crippen molar-refractivity contribution in [3.05, 3.63) is 70.3 Å². The number of hydrogen-bond acceptors (Lipinski definition) is 5. The number of nitro groups is 1. The Balaban J connectivity index is 2.22. The molecule has 0 aliphatic rings. The Morgan fingerprint density at radius 3 is 2.19 bits per heavy atom. The van der Waals surface area contributed by atoms with Crippen molar-refractivity contribution in [2.75, 3.05) is 33.7 Å². The molecular weight excluding hydrogens is 366 g/mol. The third-order valence-corrected chi connectivity index (χ3v) is 6.14. The lowest BCUT2D eigenvalue weighted by atomic mass is 10.1. The van der Waals surface area contributed by atoms with Crippen LogP contribution in [0.3, 0.4) is 0 Å². The lowest BCUT2D eigenvalue weighted by Crippen LogP contribution is -2.37. The van der Waals surface area contributed by atoms with Gasteiger partial charge in [-0.05, 0) is 38.6 Å². The summed E-state index contributed by atoms with van der Waals surface area (Å²) in [6.07, 6.45) is 1.38. The quantitative estimate of drug-likeness (QED) is 0.459. The molecular formula is C19H25N3O4S. The highest BCUT2D eigenvalue weighted by Crippen LogP contribution is 2.26. The Morgan fingerprint density at radius 1 is 0.926 bits per heavy atom. The zero-order valence-electron chi connectivity index (χ0n) is 15.6. The van der Waals surface area contributed by atoms with Crippen molar-refractivity contribution in [2.24, 2.45) is 0 Å². The third kappa shape index (κ3) is 5.85. The maximum absolute atomic E-state index is 13.1. The fourth-order valence-electron chi connectivity index (χ4n) is 2.73. The first kappa shape index (κ1) is 21.0. The highest BCUT2D eigenvalue weighted by atomic mass is 32.2. The van der Waals surface area contributed by atoms with E-state index in [-0.39, 0.29) is 11.4 Å².